The van der Waals surface area contributed by atoms with Gasteiger partial charge in [0.05, 0.1) is 18.3 Å². The molecule has 162 valence electrons. The van der Waals surface area contributed by atoms with E-state index in [9.17, 15) is 4.79 Å². The van der Waals surface area contributed by atoms with Gasteiger partial charge in [0.25, 0.3) is 0 Å². The minimum absolute atomic E-state index is 0.197. The van der Waals surface area contributed by atoms with Crippen LogP contribution in [0.25, 0.3) is 11.1 Å². The van der Waals surface area contributed by atoms with E-state index in [0.29, 0.717) is 11.5 Å². The molecule has 4 nitrogen and oxygen atoms in total. The number of hydrogen-bond donors (Lipinski definition) is 1. The van der Waals surface area contributed by atoms with Gasteiger partial charge in [-0.05, 0) is 36.6 Å². The van der Waals surface area contributed by atoms with Crippen LogP contribution in [-0.4, -0.2) is 23.8 Å². The van der Waals surface area contributed by atoms with Crippen LogP contribution in [-0.2, 0) is 9.47 Å². The van der Waals surface area contributed by atoms with Gasteiger partial charge < -0.3 is 14.6 Å². The van der Waals surface area contributed by atoms with Crippen molar-refractivity contribution in [3.63, 3.8) is 0 Å². The molecule has 0 saturated carbocycles. The highest BCUT2D eigenvalue weighted by atomic mass is 16.7. The fraction of sp³-hybridized carbons (Fsp3) is 0.500. The van der Waals surface area contributed by atoms with E-state index in [1.807, 2.05) is 36.4 Å². The van der Waals surface area contributed by atoms with Gasteiger partial charge in [0.15, 0.2) is 6.29 Å². The zero-order chi connectivity index (χ0) is 21.3. The summed E-state index contributed by atoms with van der Waals surface area (Å²) in [5.41, 5.74) is 3.35. The summed E-state index contributed by atoms with van der Waals surface area (Å²) in [6, 6.07) is 15.1. The summed E-state index contributed by atoms with van der Waals surface area (Å²) in [6.45, 7) is 5.16. The van der Waals surface area contributed by atoms with Gasteiger partial charge in [-0.1, -0.05) is 81.8 Å². The summed E-state index contributed by atoms with van der Waals surface area (Å²) >= 11 is 0. The molecule has 3 atom stereocenters. The maximum absolute atomic E-state index is 11.0. The molecule has 1 aliphatic rings. The first-order valence-electron chi connectivity index (χ1n) is 11.3. The molecule has 0 spiro atoms. The normalized spacial score (nSPS) is 21.5. The average Bonchev–Trinajstić information content (AvgIpc) is 2.77. The number of rotatable bonds is 10. The highest BCUT2D eigenvalue weighted by Gasteiger charge is 2.29. The Morgan fingerprint density at radius 2 is 1.53 bits per heavy atom. The predicted octanol–water partition coefficient (Wildman–Crippen LogP) is 6.85. The second-order valence-corrected chi connectivity index (χ2v) is 8.33. The van der Waals surface area contributed by atoms with Crippen LogP contribution >= 0.6 is 0 Å². The number of benzene rings is 2. The van der Waals surface area contributed by atoms with Gasteiger partial charge in [0.2, 0.25) is 0 Å². The Morgan fingerprint density at radius 1 is 0.933 bits per heavy atom. The van der Waals surface area contributed by atoms with Crippen molar-refractivity contribution < 1.29 is 19.4 Å². The van der Waals surface area contributed by atoms with E-state index in [1.165, 1.54) is 44.9 Å². The molecule has 1 fully saturated rings. The van der Waals surface area contributed by atoms with Crippen molar-refractivity contribution in [1.82, 2.24) is 0 Å². The predicted molar refractivity (Wildman–Crippen MR) is 120 cm³/mol. The number of unbranched alkanes of at least 4 members (excludes halogenated alkanes) is 5. The Hall–Kier alpha value is -2.17. The van der Waals surface area contributed by atoms with Gasteiger partial charge in [0, 0.05) is 11.5 Å². The number of aromatic carboxylic acids is 1. The van der Waals surface area contributed by atoms with Crippen molar-refractivity contribution in [3.8, 4) is 11.1 Å². The minimum Gasteiger partial charge on any atom is -0.478 e. The van der Waals surface area contributed by atoms with E-state index in [0.717, 1.165) is 23.3 Å². The van der Waals surface area contributed by atoms with Gasteiger partial charge in [-0.15, -0.1) is 0 Å². The van der Waals surface area contributed by atoms with Crippen molar-refractivity contribution in [1.29, 1.82) is 0 Å². The van der Waals surface area contributed by atoms with Gasteiger partial charge in [0.1, 0.15) is 0 Å². The number of hydrogen-bond acceptors (Lipinski definition) is 3. The number of carbonyl (C=O) groups is 1. The smallest absolute Gasteiger partial charge is 0.335 e. The molecule has 30 heavy (non-hydrogen) atoms. The lowest BCUT2D eigenvalue weighted by Gasteiger charge is -2.35. The molecule has 2 aromatic carbocycles. The second kappa shape index (κ2) is 11.3. The van der Waals surface area contributed by atoms with E-state index in [1.54, 1.807) is 12.1 Å². The van der Waals surface area contributed by atoms with Crippen LogP contribution in [0, 0.1) is 5.92 Å². The van der Waals surface area contributed by atoms with Crippen molar-refractivity contribution >= 4 is 5.97 Å². The monoisotopic (exact) mass is 410 g/mol. The maximum Gasteiger partial charge on any atom is 0.335 e. The Bertz CT molecular complexity index is 782. The lowest BCUT2D eigenvalue weighted by molar-refractivity contribution is -0.237. The molecule has 0 unspecified atom stereocenters. The highest BCUT2D eigenvalue weighted by Crippen LogP contribution is 2.32. The van der Waals surface area contributed by atoms with Crippen LogP contribution < -0.4 is 0 Å². The summed E-state index contributed by atoms with van der Waals surface area (Å²) in [5.74, 6) is -0.438. The van der Waals surface area contributed by atoms with Gasteiger partial charge in [-0.2, -0.15) is 0 Å². The first kappa shape index (κ1) is 22.5. The standard InChI is InChI=1S/C26H34O4/c1-3-4-5-6-7-8-9-24-18-29-26(30-19(24)2)23-16-12-21(13-17-23)20-10-14-22(15-11-20)25(27)28/h10-17,19,24,26H,3-9,18H2,1-2H3,(H,27,28)/t19-,24+,26+/m1/s1. The van der Waals surface area contributed by atoms with Crippen LogP contribution in [0.5, 0.6) is 0 Å². The van der Waals surface area contributed by atoms with E-state index in [2.05, 4.69) is 13.8 Å². The third kappa shape index (κ3) is 6.16. The molecule has 0 aliphatic carbocycles. The van der Waals surface area contributed by atoms with E-state index in [-0.39, 0.29) is 12.4 Å². The van der Waals surface area contributed by atoms with Crippen molar-refractivity contribution in [2.45, 2.75) is 71.2 Å². The topological polar surface area (TPSA) is 55.8 Å². The molecule has 1 saturated heterocycles. The first-order valence-corrected chi connectivity index (χ1v) is 11.3. The summed E-state index contributed by atoms with van der Waals surface area (Å²) in [4.78, 5) is 11.0. The second-order valence-electron chi connectivity index (χ2n) is 8.33. The molecule has 1 N–H and O–H groups in total. The molecular weight excluding hydrogens is 376 g/mol. The molecule has 0 radical (unpaired) electrons. The van der Waals surface area contributed by atoms with Crippen molar-refractivity contribution in [3.05, 3.63) is 59.7 Å². The third-order valence-electron chi connectivity index (χ3n) is 6.04. The van der Waals surface area contributed by atoms with E-state index < -0.39 is 5.97 Å². The van der Waals surface area contributed by atoms with Crippen LogP contribution in [0.15, 0.2) is 48.5 Å². The number of ether oxygens (including phenoxy) is 2. The molecular formula is C26H34O4. The fourth-order valence-corrected chi connectivity index (χ4v) is 4.01. The van der Waals surface area contributed by atoms with E-state index >= 15 is 0 Å². The Labute approximate surface area is 180 Å². The molecule has 2 aromatic rings. The molecule has 1 heterocycles. The Balaban J connectivity index is 1.49. The summed E-state index contributed by atoms with van der Waals surface area (Å²) in [5, 5.41) is 9.03. The Morgan fingerprint density at radius 3 is 2.13 bits per heavy atom. The first-order chi connectivity index (χ1) is 14.6. The van der Waals surface area contributed by atoms with Crippen LogP contribution in [0.3, 0.4) is 0 Å². The van der Waals surface area contributed by atoms with Crippen molar-refractivity contribution in [2.75, 3.05) is 6.61 Å². The quantitative estimate of drug-likeness (QED) is 0.435. The summed E-state index contributed by atoms with van der Waals surface area (Å²) in [7, 11) is 0. The molecule has 1 aliphatic heterocycles. The molecule has 3 rings (SSSR count). The SMILES string of the molecule is CCCCCCCC[C@H]1CO[C@H](c2ccc(-c3ccc(C(=O)O)cc3)cc2)O[C@@H]1C. The highest BCUT2D eigenvalue weighted by molar-refractivity contribution is 5.88. The minimum atomic E-state index is -0.910. The van der Waals surface area contributed by atoms with Gasteiger partial charge >= 0.3 is 5.97 Å². The van der Waals surface area contributed by atoms with Crippen LogP contribution in [0.4, 0.5) is 0 Å². The van der Waals surface area contributed by atoms with Gasteiger partial charge in [-0.3, -0.25) is 0 Å². The van der Waals surface area contributed by atoms with Crippen LogP contribution in [0.1, 0.15) is 81.0 Å². The third-order valence-corrected chi connectivity index (χ3v) is 6.04. The number of carboxylic acids is 1. The van der Waals surface area contributed by atoms with E-state index in [4.69, 9.17) is 14.6 Å². The lowest BCUT2D eigenvalue weighted by atomic mass is 9.95. The molecule has 4 heteroatoms. The molecule has 0 aromatic heterocycles. The maximum atomic E-state index is 11.0. The lowest BCUT2D eigenvalue weighted by Crippen LogP contribution is -2.34. The molecule has 0 bridgehead atoms. The zero-order valence-corrected chi connectivity index (χ0v) is 18.2. The molecule has 0 amide bonds. The number of carboxylic acid groups (broad SMARTS) is 1. The summed E-state index contributed by atoms with van der Waals surface area (Å²) in [6.07, 6.45) is 8.95. The summed E-state index contributed by atoms with van der Waals surface area (Å²) < 4.78 is 12.2. The van der Waals surface area contributed by atoms with Crippen molar-refractivity contribution in [2.24, 2.45) is 5.92 Å². The average molecular weight is 411 g/mol. The van der Waals surface area contributed by atoms with Gasteiger partial charge in [-0.25, -0.2) is 4.79 Å². The largest absolute Gasteiger partial charge is 0.478 e. The fourth-order valence-electron chi connectivity index (χ4n) is 4.01. The Kier molecular flexibility index (Phi) is 8.47. The zero-order valence-electron chi connectivity index (χ0n) is 18.2. The van der Waals surface area contributed by atoms with Crippen LogP contribution in [0.2, 0.25) is 0 Å².